The number of thioether (sulfide) groups is 1. The summed E-state index contributed by atoms with van der Waals surface area (Å²) >= 11 is 3.21. The summed E-state index contributed by atoms with van der Waals surface area (Å²) < 4.78 is 1.39. The van der Waals surface area contributed by atoms with Gasteiger partial charge in [0.1, 0.15) is 5.69 Å². The van der Waals surface area contributed by atoms with Crippen molar-refractivity contribution in [3.63, 3.8) is 0 Å². The molecular formula is C19H19N3O2S2. The SMILES string of the molecule is CCSc1ccccc1C(=O)NCCn1nc(-c2cccs2)ccc1=O. The van der Waals surface area contributed by atoms with E-state index in [1.165, 1.54) is 10.7 Å². The summed E-state index contributed by atoms with van der Waals surface area (Å²) in [6.45, 7) is 2.72. The van der Waals surface area contributed by atoms with Crippen molar-refractivity contribution in [2.45, 2.75) is 18.4 Å². The zero-order valence-corrected chi connectivity index (χ0v) is 16.0. The van der Waals surface area contributed by atoms with E-state index < -0.39 is 0 Å². The molecule has 0 saturated carbocycles. The van der Waals surface area contributed by atoms with E-state index in [0.717, 1.165) is 21.2 Å². The first kappa shape index (κ1) is 18.4. The maximum absolute atomic E-state index is 12.4. The number of carbonyl (C=O) groups excluding carboxylic acids is 1. The van der Waals surface area contributed by atoms with Gasteiger partial charge >= 0.3 is 0 Å². The molecule has 0 bridgehead atoms. The molecule has 3 aromatic rings. The Morgan fingerprint density at radius 2 is 2.04 bits per heavy atom. The number of aromatic nitrogens is 2. The number of rotatable bonds is 7. The fraction of sp³-hybridized carbons (Fsp3) is 0.211. The highest BCUT2D eigenvalue weighted by molar-refractivity contribution is 7.99. The van der Waals surface area contributed by atoms with Gasteiger partial charge in [0.05, 0.1) is 17.0 Å². The van der Waals surface area contributed by atoms with Gasteiger partial charge in [0.25, 0.3) is 11.5 Å². The van der Waals surface area contributed by atoms with Crippen LogP contribution in [-0.4, -0.2) is 28.0 Å². The summed E-state index contributed by atoms with van der Waals surface area (Å²) in [6.07, 6.45) is 0. The minimum Gasteiger partial charge on any atom is -0.350 e. The fourth-order valence-electron chi connectivity index (χ4n) is 2.47. The number of thiophene rings is 1. The van der Waals surface area contributed by atoms with Crippen LogP contribution in [0.3, 0.4) is 0 Å². The second-order valence-corrected chi connectivity index (χ2v) is 7.70. The number of hydrogen-bond donors (Lipinski definition) is 1. The number of amides is 1. The second-order valence-electron chi connectivity index (χ2n) is 5.44. The minimum atomic E-state index is -0.179. The largest absolute Gasteiger partial charge is 0.350 e. The molecule has 2 heterocycles. The van der Waals surface area contributed by atoms with Gasteiger partial charge in [-0.05, 0) is 35.4 Å². The van der Waals surface area contributed by atoms with Crippen LogP contribution >= 0.6 is 23.1 Å². The predicted molar refractivity (Wildman–Crippen MR) is 107 cm³/mol. The van der Waals surface area contributed by atoms with Crippen molar-refractivity contribution in [2.75, 3.05) is 12.3 Å². The van der Waals surface area contributed by atoms with Crippen molar-refractivity contribution in [3.05, 3.63) is 69.8 Å². The Bertz CT molecular complexity index is 936. The minimum absolute atomic E-state index is 0.135. The van der Waals surface area contributed by atoms with Gasteiger partial charge in [-0.15, -0.1) is 23.1 Å². The molecule has 2 aromatic heterocycles. The van der Waals surface area contributed by atoms with Gasteiger partial charge < -0.3 is 5.32 Å². The first-order valence-corrected chi connectivity index (χ1v) is 10.2. The molecule has 1 aromatic carbocycles. The summed E-state index contributed by atoms with van der Waals surface area (Å²) in [7, 11) is 0. The molecule has 134 valence electrons. The van der Waals surface area contributed by atoms with Crippen molar-refractivity contribution in [3.8, 4) is 10.6 Å². The molecule has 7 heteroatoms. The van der Waals surface area contributed by atoms with Crippen LogP contribution in [0.4, 0.5) is 0 Å². The Kier molecular flexibility index (Phi) is 6.25. The lowest BCUT2D eigenvalue weighted by Crippen LogP contribution is -2.32. The Hall–Kier alpha value is -2.38. The van der Waals surface area contributed by atoms with E-state index in [9.17, 15) is 9.59 Å². The molecule has 0 aliphatic carbocycles. The Balaban J connectivity index is 1.66. The fourth-order valence-corrected chi connectivity index (χ4v) is 3.96. The average molecular weight is 386 g/mol. The third-order valence-electron chi connectivity index (χ3n) is 3.68. The number of hydrogen-bond acceptors (Lipinski definition) is 5. The van der Waals surface area contributed by atoms with Gasteiger partial charge in [-0.2, -0.15) is 5.10 Å². The Morgan fingerprint density at radius 3 is 2.81 bits per heavy atom. The quantitative estimate of drug-likeness (QED) is 0.632. The van der Waals surface area contributed by atoms with Crippen molar-refractivity contribution in [1.82, 2.24) is 15.1 Å². The van der Waals surface area contributed by atoms with Crippen LogP contribution in [0.5, 0.6) is 0 Å². The summed E-state index contributed by atoms with van der Waals surface area (Å²) in [4.78, 5) is 26.4. The van der Waals surface area contributed by atoms with Gasteiger partial charge in [-0.25, -0.2) is 4.68 Å². The average Bonchev–Trinajstić information content (AvgIpc) is 3.18. The topological polar surface area (TPSA) is 64.0 Å². The Labute approximate surface area is 160 Å². The molecule has 0 aliphatic heterocycles. The first-order valence-electron chi connectivity index (χ1n) is 8.31. The maximum Gasteiger partial charge on any atom is 0.266 e. The van der Waals surface area contributed by atoms with E-state index in [0.29, 0.717) is 18.7 Å². The van der Waals surface area contributed by atoms with E-state index in [2.05, 4.69) is 17.3 Å². The van der Waals surface area contributed by atoms with Crippen molar-refractivity contribution < 1.29 is 4.79 Å². The van der Waals surface area contributed by atoms with Crippen LogP contribution in [-0.2, 0) is 6.54 Å². The van der Waals surface area contributed by atoms with E-state index >= 15 is 0 Å². The van der Waals surface area contributed by atoms with Gasteiger partial charge in [0.2, 0.25) is 0 Å². The van der Waals surface area contributed by atoms with Crippen LogP contribution in [0.25, 0.3) is 10.6 Å². The Morgan fingerprint density at radius 1 is 1.19 bits per heavy atom. The van der Waals surface area contributed by atoms with E-state index in [1.54, 1.807) is 29.2 Å². The zero-order valence-electron chi connectivity index (χ0n) is 14.3. The third-order valence-corrected chi connectivity index (χ3v) is 5.53. The molecule has 1 amide bonds. The van der Waals surface area contributed by atoms with Crippen LogP contribution in [0, 0.1) is 0 Å². The lowest BCUT2D eigenvalue weighted by atomic mass is 10.2. The molecule has 0 radical (unpaired) electrons. The number of benzene rings is 1. The third kappa shape index (κ3) is 4.42. The van der Waals surface area contributed by atoms with Crippen LogP contribution in [0.1, 0.15) is 17.3 Å². The zero-order chi connectivity index (χ0) is 18.4. The van der Waals surface area contributed by atoms with Crippen molar-refractivity contribution in [1.29, 1.82) is 0 Å². The first-order chi connectivity index (χ1) is 12.7. The summed E-state index contributed by atoms with van der Waals surface area (Å²) in [5, 5.41) is 9.24. The summed E-state index contributed by atoms with van der Waals surface area (Å²) in [5.74, 6) is 0.767. The van der Waals surface area contributed by atoms with Crippen LogP contribution in [0.15, 0.2) is 63.6 Å². The highest BCUT2D eigenvalue weighted by Crippen LogP contribution is 2.22. The summed E-state index contributed by atoms with van der Waals surface area (Å²) in [5.41, 5.74) is 1.24. The molecule has 0 fully saturated rings. The van der Waals surface area contributed by atoms with E-state index in [1.807, 2.05) is 41.8 Å². The lowest BCUT2D eigenvalue weighted by molar-refractivity contribution is 0.0949. The highest BCUT2D eigenvalue weighted by atomic mass is 32.2. The predicted octanol–water partition coefficient (Wildman–Crippen LogP) is 3.51. The molecule has 3 rings (SSSR count). The van der Waals surface area contributed by atoms with Gasteiger partial charge in [-0.1, -0.05) is 25.1 Å². The van der Waals surface area contributed by atoms with Gasteiger partial charge in [-0.3, -0.25) is 9.59 Å². The molecule has 26 heavy (non-hydrogen) atoms. The van der Waals surface area contributed by atoms with Crippen LogP contribution in [0.2, 0.25) is 0 Å². The molecule has 0 spiro atoms. The summed E-state index contributed by atoms with van der Waals surface area (Å²) in [6, 6.07) is 14.7. The van der Waals surface area contributed by atoms with Gasteiger partial charge in [0, 0.05) is 17.5 Å². The van der Waals surface area contributed by atoms with Gasteiger partial charge in [0.15, 0.2) is 0 Å². The molecule has 0 atom stereocenters. The monoisotopic (exact) mass is 385 g/mol. The highest BCUT2D eigenvalue weighted by Gasteiger charge is 2.11. The van der Waals surface area contributed by atoms with Crippen molar-refractivity contribution >= 4 is 29.0 Å². The number of nitrogens with zero attached hydrogens (tertiary/aromatic N) is 2. The lowest BCUT2D eigenvalue weighted by Gasteiger charge is -2.10. The molecule has 0 saturated heterocycles. The van der Waals surface area contributed by atoms with E-state index in [4.69, 9.17) is 0 Å². The number of nitrogens with one attached hydrogen (secondary N) is 1. The standard InChI is InChI=1S/C19H19N3O2S2/c1-2-25-16-7-4-3-6-14(16)19(24)20-11-12-22-18(23)10-9-15(21-22)17-8-5-13-26-17/h3-10,13H,2,11-12H2,1H3,(H,20,24). The number of carbonyl (C=O) groups is 1. The molecule has 1 N–H and O–H groups in total. The smallest absolute Gasteiger partial charge is 0.266 e. The normalized spacial score (nSPS) is 10.7. The van der Waals surface area contributed by atoms with E-state index in [-0.39, 0.29) is 11.5 Å². The van der Waals surface area contributed by atoms with Crippen molar-refractivity contribution in [2.24, 2.45) is 0 Å². The molecule has 5 nitrogen and oxygen atoms in total. The molecule has 0 unspecified atom stereocenters. The molecule has 0 aliphatic rings. The maximum atomic E-state index is 12.4. The van der Waals surface area contributed by atoms with Crippen LogP contribution < -0.4 is 10.9 Å². The molecular weight excluding hydrogens is 366 g/mol. The second kappa shape index (κ2) is 8.82.